The van der Waals surface area contributed by atoms with Gasteiger partial charge in [0, 0.05) is 11.4 Å². The van der Waals surface area contributed by atoms with Gasteiger partial charge in [-0.15, -0.1) is 11.3 Å². The lowest BCUT2D eigenvalue weighted by atomic mass is 10.2. The Balaban J connectivity index is 1.71. The van der Waals surface area contributed by atoms with Gasteiger partial charge in [-0.25, -0.2) is 14.1 Å². The fourth-order valence-electron chi connectivity index (χ4n) is 2.46. The molecule has 0 atom stereocenters. The number of nitrogens with zero attached hydrogens (tertiary/aromatic N) is 3. The van der Waals surface area contributed by atoms with Crippen LogP contribution < -0.4 is 10.9 Å². The molecule has 0 bridgehead atoms. The van der Waals surface area contributed by atoms with Crippen LogP contribution in [0, 0.1) is 5.82 Å². The number of ether oxygens (including phenoxy) is 1. The van der Waals surface area contributed by atoms with Crippen molar-refractivity contribution in [3.8, 4) is 0 Å². The minimum absolute atomic E-state index is 0.00291. The third-order valence-electron chi connectivity index (χ3n) is 3.72. The van der Waals surface area contributed by atoms with Crippen molar-refractivity contribution in [3.63, 3.8) is 0 Å². The molecule has 0 radical (unpaired) electrons. The normalized spacial score (nSPS) is 10.6. The molecule has 3 aromatic rings. The molecule has 2 heterocycles. The molecule has 1 aromatic carbocycles. The van der Waals surface area contributed by atoms with Crippen molar-refractivity contribution in [2.45, 2.75) is 19.9 Å². The molecule has 0 aliphatic rings. The second-order valence-electron chi connectivity index (χ2n) is 5.92. The van der Waals surface area contributed by atoms with Crippen molar-refractivity contribution in [3.05, 3.63) is 74.9 Å². The van der Waals surface area contributed by atoms with Crippen LogP contribution >= 0.6 is 11.3 Å². The number of halogens is 1. The van der Waals surface area contributed by atoms with E-state index in [4.69, 9.17) is 4.74 Å². The molecule has 0 aliphatic heterocycles. The van der Waals surface area contributed by atoms with Gasteiger partial charge < -0.3 is 4.74 Å². The predicted molar refractivity (Wildman–Crippen MR) is 104 cm³/mol. The third kappa shape index (κ3) is 5.55. The standard InChI is InChI=1S/C19H17FN4O4S/c1-2-28-17(26)9-14-11-29-19(21-14)22-18(27)15-6-7-16(25)24(23-15)10-12-4-3-5-13(20)8-12/h3-8,11H,2,9-10H2,1H3,(H,21,22,27). The zero-order chi connectivity index (χ0) is 20.8. The van der Waals surface area contributed by atoms with Crippen LogP contribution in [0.3, 0.4) is 0 Å². The molecule has 3 rings (SSSR count). The Morgan fingerprint density at radius 2 is 2.10 bits per heavy atom. The van der Waals surface area contributed by atoms with Gasteiger partial charge in [-0.05, 0) is 30.7 Å². The zero-order valence-corrected chi connectivity index (χ0v) is 16.2. The number of esters is 1. The monoisotopic (exact) mass is 416 g/mol. The number of nitrogens with one attached hydrogen (secondary N) is 1. The summed E-state index contributed by atoms with van der Waals surface area (Å²) in [6.45, 7) is 2.02. The lowest BCUT2D eigenvalue weighted by Crippen LogP contribution is -2.26. The molecule has 0 saturated carbocycles. The van der Waals surface area contributed by atoms with E-state index in [0.29, 0.717) is 16.4 Å². The van der Waals surface area contributed by atoms with Gasteiger partial charge in [0.2, 0.25) is 0 Å². The van der Waals surface area contributed by atoms with Gasteiger partial charge >= 0.3 is 5.97 Å². The number of hydrogen-bond acceptors (Lipinski definition) is 7. The third-order valence-corrected chi connectivity index (χ3v) is 4.53. The topological polar surface area (TPSA) is 103 Å². The van der Waals surface area contributed by atoms with Gasteiger partial charge in [0.05, 0.1) is 25.3 Å². The number of benzene rings is 1. The first kappa shape index (κ1) is 20.3. The van der Waals surface area contributed by atoms with Gasteiger partial charge in [-0.1, -0.05) is 12.1 Å². The van der Waals surface area contributed by atoms with Crippen LogP contribution in [0.5, 0.6) is 0 Å². The highest BCUT2D eigenvalue weighted by atomic mass is 32.1. The van der Waals surface area contributed by atoms with Crippen LogP contribution in [0.4, 0.5) is 9.52 Å². The van der Waals surface area contributed by atoms with E-state index in [9.17, 15) is 18.8 Å². The van der Waals surface area contributed by atoms with E-state index in [1.807, 2.05) is 0 Å². The summed E-state index contributed by atoms with van der Waals surface area (Å²) < 4.78 is 19.3. The summed E-state index contributed by atoms with van der Waals surface area (Å²) in [6, 6.07) is 8.30. The Hall–Kier alpha value is -3.40. The van der Waals surface area contributed by atoms with E-state index in [0.717, 1.165) is 16.0 Å². The van der Waals surface area contributed by atoms with E-state index < -0.39 is 23.3 Å². The molecule has 1 amide bonds. The highest BCUT2D eigenvalue weighted by molar-refractivity contribution is 7.14. The lowest BCUT2D eigenvalue weighted by molar-refractivity contribution is -0.142. The maximum atomic E-state index is 13.3. The van der Waals surface area contributed by atoms with E-state index in [1.165, 1.54) is 30.3 Å². The second kappa shape index (κ2) is 9.20. The van der Waals surface area contributed by atoms with Gasteiger partial charge in [0.15, 0.2) is 5.13 Å². The number of aromatic nitrogens is 3. The molecule has 10 heteroatoms. The van der Waals surface area contributed by atoms with Crippen molar-refractivity contribution in [2.75, 3.05) is 11.9 Å². The number of rotatable bonds is 7. The minimum Gasteiger partial charge on any atom is -0.466 e. The molecule has 0 unspecified atom stereocenters. The second-order valence-corrected chi connectivity index (χ2v) is 6.78. The summed E-state index contributed by atoms with van der Waals surface area (Å²) in [5.41, 5.74) is 0.605. The Labute approximate surface area is 169 Å². The molecule has 8 nitrogen and oxygen atoms in total. The Morgan fingerprint density at radius 1 is 1.28 bits per heavy atom. The van der Waals surface area contributed by atoms with Crippen LogP contribution in [0.25, 0.3) is 0 Å². The molecule has 1 N–H and O–H groups in total. The summed E-state index contributed by atoms with van der Waals surface area (Å²) >= 11 is 1.16. The Kier molecular flexibility index (Phi) is 6.45. The van der Waals surface area contributed by atoms with E-state index in [2.05, 4.69) is 15.4 Å². The molecule has 0 spiro atoms. The largest absolute Gasteiger partial charge is 0.466 e. The molecule has 2 aromatic heterocycles. The maximum absolute atomic E-state index is 13.3. The van der Waals surface area contributed by atoms with Crippen molar-refractivity contribution >= 4 is 28.3 Å². The van der Waals surface area contributed by atoms with Gasteiger partial charge in [0.1, 0.15) is 11.5 Å². The number of amides is 1. The summed E-state index contributed by atoms with van der Waals surface area (Å²) in [5.74, 6) is -1.39. The number of hydrogen-bond donors (Lipinski definition) is 1. The van der Waals surface area contributed by atoms with E-state index in [-0.39, 0.29) is 25.3 Å². The van der Waals surface area contributed by atoms with Gasteiger partial charge in [-0.2, -0.15) is 5.10 Å². The molecule has 29 heavy (non-hydrogen) atoms. The fourth-order valence-corrected chi connectivity index (χ4v) is 3.16. The highest BCUT2D eigenvalue weighted by Crippen LogP contribution is 2.17. The number of carbonyl (C=O) groups is 2. The number of thiazole rings is 1. The first-order valence-corrected chi connectivity index (χ1v) is 9.56. The van der Waals surface area contributed by atoms with Gasteiger partial charge in [-0.3, -0.25) is 19.7 Å². The van der Waals surface area contributed by atoms with Crippen LogP contribution in [0.2, 0.25) is 0 Å². The Morgan fingerprint density at radius 3 is 2.86 bits per heavy atom. The van der Waals surface area contributed by atoms with Crippen LogP contribution in [0.15, 0.2) is 46.6 Å². The highest BCUT2D eigenvalue weighted by Gasteiger charge is 2.14. The van der Waals surface area contributed by atoms with Crippen LogP contribution in [0.1, 0.15) is 28.7 Å². The SMILES string of the molecule is CCOC(=O)Cc1csc(NC(=O)c2ccc(=O)n(Cc3cccc(F)c3)n2)n1. The average Bonchev–Trinajstić information content (AvgIpc) is 3.10. The van der Waals surface area contributed by atoms with Crippen molar-refractivity contribution in [1.29, 1.82) is 0 Å². The Bertz CT molecular complexity index is 1100. The summed E-state index contributed by atoms with van der Waals surface area (Å²) in [6.07, 6.45) is 0.0109. The first-order chi connectivity index (χ1) is 13.9. The predicted octanol–water partition coefficient (Wildman–Crippen LogP) is 2.25. The average molecular weight is 416 g/mol. The minimum atomic E-state index is -0.560. The molecule has 0 aliphatic carbocycles. The number of carbonyl (C=O) groups excluding carboxylic acids is 2. The smallest absolute Gasteiger partial charge is 0.311 e. The maximum Gasteiger partial charge on any atom is 0.311 e. The molecular formula is C19H17FN4O4S. The zero-order valence-electron chi connectivity index (χ0n) is 15.4. The number of anilines is 1. The van der Waals surface area contributed by atoms with Crippen LogP contribution in [-0.4, -0.2) is 33.2 Å². The summed E-state index contributed by atoms with van der Waals surface area (Å²) in [7, 11) is 0. The van der Waals surface area contributed by atoms with Crippen molar-refractivity contribution in [1.82, 2.24) is 14.8 Å². The van der Waals surface area contributed by atoms with E-state index >= 15 is 0 Å². The van der Waals surface area contributed by atoms with E-state index in [1.54, 1.807) is 18.4 Å². The summed E-state index contributed by atoms with van der Waals surface area (Å²) in [4.78, 5) is 40.1. The fraction of sp³-hybridized carbons (Fsp3) is 0.211. The molecule has 150 valence electrons. The van der Waals surface area contributed by atoms with Gasteiger partial charge in [0.25, 0.3) is 11.5 Å². The molecule has 0 fully saturated rings. The molecule has 0 saturated heterocycles. The quantitative estimate of drug-likeness (QED) is 0.593. The van der Waals surface area contributed by atoms with Crippen molar-refractivity contribution < 1.29 is 18.7 Å². The first-order valence-electron chi connectivity index (χ1n) is 8.68. The van der Waals surface area contributed by atoms with Crippen LogP contribution in [-0.2, 0) is 22.5 Å². The van der Waals surface area contributed by atoms with Crippen molar-refractivity contribution in [2.24, 2.45) is 0 Å². The molecular weight excluding hydrogens is 399 g/mol. The lowest BCUT2D eigenvalue weighted by Gasteiger charge is -2.07. The summed E-state index contributed by atoms with van der Waals surface area (Å²) in [5, 5.41) is 8.56.